The van der Waals surface area contributed by atoms with Crippen molar-refractivity contribution in [3.8, 4) is 0 Å². The van der Waals surface area contributed by atoms with E-state index < -0.39 is 0 Å². The van der Waals surface area contributed by atoms with Crippen molar-refractivity contribution in [2.24, 2.45) is 0 Å². The van der Waals surface area contributed by atoms with Crippen LogP contribution in [0.15, 0.2) is 48.5 Å². The van der Waals surface area contributed by atoms with Crippen LogP contribution in [-0.2, 0) is 6.42 Å². The lowest BCUT2D eigenvalue weighted by Gasteiger charge is -2.13. The minimum Gasteiger partial charge on any atom is -0.378 e. The topological polar surface area (TPSA) is 44.4 Å². The molecule has 2 aromatic rings. The number of hydrogen-bond donors (Lipinski definition) is 2. The molecule has 0 saturated heterocycles. The molecular weight excluding hydrogens is 286 g/mol. The maximum atomic E-state index is 12.0. The Labute approximate surface area is 138 Å². The van der Waals surface area contributed by atoms with Gasteiger partial charge in [-0.15, -0.1) is 0 Å². The van der Waals surface area contributed by atoms with Crippen LogP contribution in [0.5, 0.6) is 0 Å². The summed E-state index contributed by atoms with van der Waals surface area (Å²) in [6, 6.07) is 15.5. The van der Waals surface area contributed by atoms with E-state index in [4.69, 9.17) is 0 Å². The number of benzene rings is 2. The van der Waals surface area contributed by atoms with E-state index in [0.29, 0.717) is 0 Å². The van der Waals surface area contributed by atoms with Gasteiger partial charge in [-0.3, -0.25) is 0 Å². The van der Waals surface area contributed by atoms with E-state index in [9.17, 15) is 4.79 Å². The lowest BCUT2D eigenvalue weighted by Crippen LogP contribution is -2.19. The third-order valence-electron chi connectivity index (χ3n) is 3.67. The van der Waals surface area contributed by atoms with Crippen molar-refractivity contribution in [1.82, 2.24) is 0 Å². The Morgan fingerprint density at radius 2 is 1.43 bits per heavy atom. The molecule has 0 bridgehead atoms. The minimum absolute atomic E-state index is 0.232. The van der Waals surface area contributed by atoms with Crippen LogP contribution >= 0.6 is 0 Å². The van der Waals surface area contributed by atoms with Gasteiger partial charge in [0.1, 0.15) is 0 Å². The highest BCUT2D eigenvalue weighted by Crippen LogP contribution is 2.16. The van der Waals surface area contributed by atoms with Gasteiger partial charge in [0, 0.05) is 31.2 Å². The van der Waals surface area contributed by atoms with Gasteiger partial charge >= 0.3 is 6.03 Å². The van der Waals surface area contributed by atoms with Gasteiger partial charge in [-0.25, -0.2) is 4.79 Å². The molecule has 0 spiro atoms. The molecule has 2 rings (SSSR count). The molecule has 0 aliphatic carbocycles. The summed E-state index contributed by atoms with van der Waals surface area (Å²) in [6.45, 7) is 2.19. The number of rotatable bonds is 6. The Kier molecular flexibility index (Phi) is 6.03. The summed E-state index contributed by atoms with van der Waals surface area (Å²) < 4.78 is 0. The normalized spacial score (nSPS) is 10.2. The van der Waals surface area contributed by atoms with Crippen LogP contribution in [0.3, 0.4) is 0 Å². The summed E-state index contributed by atoms with van der Waals surface area (Å²) in [5, 5.41) is 5.69. The summed E-state index contributed by atoms with van der Waals surface area (Å²) in [5.74, 6) is 0. The van der Waals surface area contributed by atoms with E-state index in [1.54, 1.807) is 0 Å². The van der Waals surface area contributed by atoms with Crippen LogP contribution in [0.25, 0.3) is 0 Å². The van der Waals surface area contributed by atoms with Crippen LogP contribution in [0.4, 0.5) is 21.9 Å². The van der Waals surface area contributed by atoms with Crippen molar-refractivity contribution in [2.45, 2.75) is 26.2 Å². The van der Waals surface area contributed by atoms with Crippen molar-refractivity contribution >= 4 is 23.1 Å². The van der Waals surface area contributed by atoms with Crippen molar-refractivity contribution in [3.63, 3.8) is 0 Å². The Bertz CT molecular complexity index is 618. The zero-order valence-corrected chi connectivity index (χ0v) is 14.1. The first-order valence-corrected chi connectivity index (χ1v) is 8.03. The number of carbonyl (C=O) groups is 1. The molecule has 2 amide bonds. The molecule has 4 nitrogen and oxygen atoms in total. The molecule has 0 aliphatic rings. The monoisotopic (exact) mass is 311 g/mol. The molecule has 23 heavy (non-hydrogen) atoms. The van der Waals surface area contributed by atoms with Gasteiger partial charge in [0.2, 0.25) is 0 Å². The number of nitrogens with one attached hydrogen (secondary N) is 2. The van der Waals surface area contributed by atoms with Gasteiger partial charge in [-0.2, -0.15) is 0 Å². The molecule has 2 aromatic carbocycles. The summed E-state index contributed by atoms with van der Waals surface area (Å²) in [7, 11) is 3.97. The second-order valence-electron chi connectivity index (χ2n) is 5.82. The molecule has 4 heteroatoms. The molecule has 0 heterocycles. The molecule has 0 unspecified atom stereocenters. The molecule has 0 fully saturated rings. The van der Waals surface area contributed by atoms with E-state index in [2.05, 4.69) is 29.7 Å². The number of carbonyl (C=O) groups excluding carboxylic acids is 1. The van der Waals surface area contributed by atoms with Gasteiger partial charge in [0.25, 0.3) is 0 Å². The maximum Gasteiger partial charge on any atom is 0.323 e. The lowest BCUT2D eigenvalue weighted by molar-refractivity contribution is 0.262. The van der Waals surface area contributed by atoms with Crippen LogP contribution < -0.4 is 15.5 Å². The highest BCUT2D eigenvalue weighted by Gasteiger charge is 2.03. The number of unbranched alkanes of at least 4 members (excludes halogenated alkanes) is 1. The predicted molar refractivity (Wildman–Crippen MR) is 98.5 cm³/mol. The number of aryl methyl sites for hydroxylation is 1. The van der Waals surface area contributed by atoms with Gasteiger partial charge < -0.3 is 15.5 Å². The molecule has 0 aliphatic heterocycles. The lowest BCUT2D eigenvalue weighted by atomic mass is 10.1. The fourth-order valence-corrected chi connectivity index (χ4v) is 2.27. The molecule has 0 radical (unpaired) electrons. The third-order valence-corrected chi connectivity index (χ3v) is 3.67. The van der Waals surface area contributed by atoms with E-state index in [1.165, 1.54) is 18.4 Å². The van der Waals surface area contributed by atoms with Crippen LogP contribution in [0, 0.1) is 0 Å². The second-order valence-corrected chi connectivity index (χ2v) is 5.82. The van der Waals surface area contributed by atoms with Crippen LogP contribution in [0.1, 0.15) is 25.3 Å². The predicted octanol–water partition coefficient (Wildman–Crippen LogP) is 4.74. The minimum atomic E-state index is -0.232. The Morgan fingerprint density at radius 3 is 1.91 bits per heavy atom. The number of nitrogens with zero attached hydrogens (tertiary/aromatic N) is 1. The highest BCUT2D eigenvalue weighted by molar-refractivity contribution is 5.99. The average Bonchev–Trinajstić information content (AvgIpc) is 2.54. The summed E-state index contributed by atoms with van der Waals surface area (Å²) >= 11 is 0. The van der Waals surface area contributed by atoms with E-state index in [-0.39, 0.29) is 6.03 Å². The standard InChI is InChI=1S/C19H25N3O/c1-4-5-6-15-7-9-16(10-8-15)20-19(23)21-17-11-13-18(14-12-17)22(2)3/h7-14H,4-6H2,1-3H3,(H2,20,21,23). The zero-order valence-electron chi connectivity index (χ0n) is 14.1. The summed E-state index contributed by atoms with van der Waals surface area (Å²) in [6.07, 6.45) is 3.46. The molecular formula is C19H25N3O. The largest absolute Gasteiger partial charge is 0.378 e. The first-order valence-electron chi connectivity index (χ1n) is 8.03. The molecule has 0 aromatic heterocycles. The smallest absolute Gasteiger partial charge is 0.323 e. The molecule has 0 atom stereocenters. The third kappa shape index (κ3) is 5.33. The van der Waals surface area contributed by atoms with Crippen molar-refractivity contribution in [3.05, 3.63) is 54.1 Å². The van der Waals surface area contributed by atoms with Crippen molar-refractivity contribution in [2.75, 3.05) is 29.6 Å². The van der Waals surface area contributed by atoms with Crippen LogP contribution in [0.2, 0.25) is 0 Å². The zero-order chi connectivity index (χ0) is 16.7. The SMILES string of the molecule is CCCCc1ccc(NC(=O)Nc2ccc(N(C)C)cc2)cc1. The number of amides is 2. The van der Waals surface area contributed by atoms with E-state index >= 15 is 0 Å². The molecule has 122 valence electrons. The Balaban J connectivity index is 1.88. The van der Waals surface area contributed by atoms with E-state index in [1.807, 2.05) is 55.4 Å². The number of hydrogen-bond acceptors (Lipinski definition) is 2. The quantitative estimate of drug-likeness (QED) is 0.809. The van der Waals surface area contributed by atoms with Gasteiger partial charge in [-0.05, 0) is 54.8 Å². The van der Waals surface area contributed by atoms with Gasteiger partial charge in [-0.1, -0.05) is 25.5 Å². The summed E-state index contributed by atoms with van der Waals surface area (Å²) in [4.78, 5) is 14.0. The van der Waals surface area contributed by atoms with Crippen LogP contribution in [-0.4, -0.2) is 20.1 Å². The second kappa shape index (κ2) is 8.22. The van der Waals surface area contributed by atoms with Crippen molar-refractivity contribution < 1.29 is 4.79 Å². The van der Waals surface area contributed by atoms with Crippen molar-refractivity contribution in [1.29, 1.82) is 0 Å². The van der Waals surface area contributed by atoms with E-state index in [0.717, 1.165) is 23.5 Å². The fraction of sp³-hybridized carbons (Fsp3) is 0.316. The maximum absolute atomic E-state index is 12.0. The average molecular weight is 311 g/mol. The Morgan fingerprint density at radius 1 is 0.913 bits per heavy atom. The summed E-state index contributed by atoms with van der Waals surface area (Å²) in [5.41, 5.74) is 3.97. The number of anilines is 3. The molecule has 0 saturated carbocycles. The molecule has 2 N–H and O–H groups in total. The Hall–Kier alpha value is -2.49. The fourth-order valence-electron chi connectivity index (χ4n) is 2.27. The first kappa shape index (κ1) is 16.9. The van der Waals surface area contributed by atoms with Gasteiger partial charge in [0.05, 0.1) is 0 Å². The number of urea groups is 1. The van der Waals surface area contributed by atoms with Gasteiger partial charge in [0.15, 0.2) is 0 Å². The highest BCUT2D eigenvalue weighted by atomic mass is 16.2. The first-order chi connectivity index (χ1) is 11.1.